The molecule has 0 radical (unpaired) electrons. The minimum atomic E-state index is -0.694. The van der Waals surface area contributed by atoms with E-state index in [0.29, 0.717) is 26.7 Å². The SMILES string of the molecule is OC(COc1cc(Cl)ccc1Cl)CSc1nncn1-c1ccccc1. The molecule has 2 aromatic carbocycles. The van der Waals surface area contributed by atoms with E-state index in [1.165, 1.54) is 11.8 Å². The highest BCUT2D eigenvalue weighted by molar-refractivity contribution is 7.99. The zero-order valence-electron chi connectivity index (χ0n) is 13.0. The van der Waals surface area contributed by atoms with Crippen LogP contribution in [-0.2, 0) is 0 Å². The van der Waals surface area contributed by atoms with Crippen LogP contribution in [0.1, 0.15) is 0 Å². The van der Waals surface area contributed by atoms with Crippen molar-refractivity contribution in [1.82, 2.24) is 14.8 Å². The Bertz CT molecular complexity index is 830. The normalized spacial score (nSPS) is 12.1. The first-order valence-electron chi connectivity index (χ1n) is 7.47. The maximum absolute atomic E-state index is 10.2. The van der Waals surface area contributed by atoms with Crippen molar-refractivity contribution in [3.05, 3.63) is 64.9 Å². The van der Waals surface area contributed by atoms with Crippen molar-refractivity contribution in [2.45, 2.75) is 11.3 Å². The van der Waals surface area contributed by atoms with Gasteiger partial charge in [0, 0.05) is 22.5 Å². The molecule has 0 aliphatic carbocycles. The highest BCUT2D eigenvalue weighted by atomic mass is 35.5. The van der Waals surface area contributed by atoms with Crippen molar-refractivity contribution in [1.29, 1.82) is 0 Å². The Kier molecular flexibility index (Phi) is 6.20. The topological polar surface area (TPSA) is 60.2 Å². The molecule has 8 heteroatoms. The van der Waals surface area contributed by atoms with Gasteiger partial charge in [0.15, 0.2) is 5.16 Å². The Morgan fingerprint density at radius 3 is 2.76 bits per heavy atom. The monoisotopic (exact) mass is 395 g/mol. The predicted molar refractivity (Wildman–Crippen MR) is 100 cm³/mol. The number of rotatable bonds is 7. The van der Waals surface area contributed by atoms with Crippen LogP contribution < -0.4 is 4.74 Å². The molecule has 1 heterocycles. The molecule has 0 aliphatic rings. The molecule has 1 aromatic heterocycles. The van der Waals surface area contributed by atoms with Gasteiger partial charge in [0.05, 0.1) is 11.1 Å². The Hall–Kier alpha value is -1.73. The van der Waals surface area contributed by atoms with Gasteiger partial charge in [-0.3, -0.25) is 4.57 Å². The second kappa shape index (κ2) is 8.58. The number of hydrogen-bond donors (Lipinski definition) is 1. The number of aromatic nitrogens is 3. The van der Waals surface area contributed by atoms with Crippen LogP contribution in [0.4, 0.5) is 0 Å². The van der Waals surface area contributed by atoms with Crippen LogP contribution in [0.3, 0.4) is 0 Å². The number of nitrogens with zero attached hydrogens (tertiary/aromatic N) is 3. The van der Waals surface area contributed by atoms with Gasteiger partial charge >= 0.3 is 0 Å². The van der Waals surface area contributed by atoms with Crippen LogP contribution in [0, 0.1) is 0 Å². The van der Waals surface area contributed by atoms with E-state index in [9.17, 15) is 5.11 Å². The second-order valence-electron chi connectivity index (χ2n) is 5.17. The van der Waals surface area contributed by atoms with E-state index in [1.54, 1.807) is 24.5 Å². The molecule has 0 spiro atoms. The van der Waals surface area contributed by atoms with Crippen LogP contribution in [-0.4, -0.2) is 38.3 Å². The largest absolute Gasteiger partial charge is 0.489 e. The Morgan fingerprint density at radius 2 is 1.96 bits per heavy atom. The quantitative estimate of drug-likeness (QED) is 0.610. The summed E-state index contributed by atoms with van der Waals surface area (Å²) in [6, 6.07) is 14.7. The maximum atomic E-state index is 10.2. The number of halogens is 2. The van der Waals surface area contributed by atoms with Crippen LogP contribution in [0.25, 0.3) is 5.69 Å². The Balaban J connectivity index is 1.56. The fraction of sp³-hybridized carbons (Fsp3) is 0.176. The minimum Gasteiger partial charge on any atom is -0.489 e. The summed E-state index contributed by atoms with van der Waals surface area (Å²) >= 11 is 13.3. The minimum absolute atomic E-state index is 0.104. The van der Waals surface area contributed by atoms with Crippen molar-refractivity contribution in [2.24, 2.45) is 0 Å². The lowest BCUT2D eigenvalue weighted by Gasteiger charge is -2.13. The van der Waals surface area contributed by atoms with Gasteiger partial charge in [-0.1, -0.05) is 53.2 Å². The molecule has 3 aromatic rings. The van der Waals surface area contributed by atoms with Crippen LogP contribution in [0.15, 0.2) is 60.0 Å². The molecule has 0 bridgehead atoms. The van der Waals surface area contributed by atoms with Crippen LogP contribution in [0.2, 0.25) is 10.0 Å². The van der Waals surface area contributed by atoms with Crippen molar-refractivity contribution in [3.63, 3.8) is 0 Å². The first kappa shape index (κ1) is 18.1. The molecule has 0 saturated carbocycles. The van der Waals surface area contributed by atoms with Crippen molar-refractivity contribution in [3.8, 4) is 11.4 Å². The molecule has 0 amide bonds. The average Bonchev–Trinajstić information content (AvgIpc) is 3.10. The molecular weight excluding hydrogens is 381 g/mol. The number of hydrogen-bond acceptors (Lipinski definition) is 5. The van der Waals surface area contributed by atoms with E-state index < -0.39 is 6.10 Å². The molecule has 25 heavy (non-hydrogen) atoms. The summed E-state index contributed by atoms with van der Waals surface area (Å²) in [6.07, 6.45) is 0.952. The van der Waals surface area contributed by atoms with Crippen molar-refractivity contribution in [2.75, 3.05) is 12.4 Å². The van der Waals surface area contributed by atoms with Gasteiger partial charge in [0.1, 0.15) is 18.7 Å². The summed E-state index contributed by atoms with van der Waals surface area (Å²) in [5.41, 5.74) is 0.964. The van der Waals surface area contributed by atoms with Gasteiger partial charge in [-0.2, -0.15) is 0 Å². The van der Waals surface area contributed by atoms with Gasteiger partial charge in [-0.05, 0) is 24.3 Å². The van der Waals surface area contributed by atoms with Crippen LogP contribution >= 0.6 is 35.0 Å². The first-order valence-corrected chi connectivity index (χ1v) is 9.22. The smallest absolute Gasteiger partial charge is 0.195 e. The molecule has 1 atom stereocenters. The van der Waals surface area contributed by atoms with E-state index in [-0.39, 0.29) is 6.61 Å². The number of thioether (sulfide) groups is 1. The molecule has 3 rings (SSSR count). The van der Waals surface area contributed by atoms with E-state index in [4.69, 9.17) is 27.9 Å². The third-order valence-electron chi connectivity index (χ3n) is 3.28. The summed E-state index contributed by atoms with van der Waals surface area (Å²) in [4.78, 5) is 0. The Morgan fingerprint density at radius 1 is 1.16 bits per heavy atom. The van der Waals surface area contributed by atoms with Crippen molar-refractivity contribution >= 4 is 35.0 Å². The van der Waals surface area contributed by atoms with Gasteiger partial charge in [-0.25, -0.2) is 0 Å². The predicted octanol–water partition coefficient (Wildman–Crippen LogP) is 4.11. The molecule has 1 N–H and O–H groups in total. The third-order valence-corrected chi connectivity index (χ3v) is 4.92. The number of aliphatic hydroxyl groups excluding tert-OH is 1. The average molecular weight is 396 g/mol. The second-order valence-corrected chi connectivity index (χ2v) is 7.00. The highest BCUT2D eigenvalue weighted by Crippen LogP contribution is 2.28. The maximum Gasteiger partial charge on any atom is 0.195 e. The van der Waals surface area contributed by atoms with Crippen molar-refractivity contribution < 1.29 is 9.84 Å². The summed E-state index contributed by atoms with van der Waals surface area (Å²) in [6.45, 7) is 0.104. The molecule has 130 valence electrons. The lowest BCUT2D eigenvalue weighted by Crippen LogP contribution is -2.20. The van der Waals surface area contributed by atoms with E-state index in [1.807, 2.05) is 34.9 Å². The van der Waals surface area contributed by atoms with E-state index in [2.05, 4.69) is 10.2 Å². The zero-order chi connectivity index (χ0) is 17.6. The number of aliphatic hydroxyl groups is 1. The lowest BCUT2D eigenvalue weighted by molar-refractivity contribution is 0.126. The summed E-state index contributed by atoms with van der Waals surface area (Å²) in [5.74, 6) is 0.856. The molecule has 0 fully saturated rings. The molecule has 5 nitrogen and oxygen atoms in total. The fourth-order valence-corrected chi connectivity index (χ4v) is 3.25. The molecular formula is C17H15Cl2N3O2S. The lowest BCUT2D eigenvalue weighted by atomic mass is 10.3. The summed E-state index contributed by atoms with van der Waals surface area (Å²) < 4.78 is 7.41. The van der Waals surface area contributed by atoms with Gasteiger partial charge in [-0.15, -0.1) is 10.2 Å². The van der Waals surface area contributed by atoms with Crippen LogP contribution in [0.5, 0.6) is 5.75 Å². The Labute approximate surface area is 159 Å². The number of ether oxygens (including phenoxy) is 1. The fourth-order valence-electron chi connectivity index (χ4n) is 2.08. The highest BCUT2D eigenvalue weighted by Gasteiger charge is 2.12. The zero-order valence-corrected chi connectivity index (χ0v) is 15.4. The standard InChI is InChI=1S/C17H15Cl2N3O2S/c18-12-6-7-15(19)16(8-12)24-9-14(23)10-25-17-21-20-11-22(17)13-4-2-1-3-5-13/h1-8,11,14,23H,9-10H2. The van der Waals surface area contributed by atoms with E-state index in [0.717, 1.165) is 5.69 Å². The molecule has 1 unspecified atom stereocenters. The summed E-state index contributed by atoms with van der Waals surface area (Å²) in [7, 11) is 0. The molecule has 0 aliphatic heterocycles. The molecule has 0 saturated heterocycles. The van der Waals surface area contributed by atoms with Gasteiger partial charge in [0.2, 0.25) is 0 Å². The first-order chi connectivity index (χ1) is 12.1. The number of benzene rings is 2. The van der Waals surface area contributed by atoms with E-state index >= 15 is 0 Å². The number of para-hydroxylation sites is 1. The van der Waals surface area contributed by atoms with Gasteiger partial charge in [0.25, 0.3) is 0 Å². The summed E-state index contributed by atoms with van der Waals surface area (Å²) in [5, 5.41) is 19.9. The van der Waals surface area contributed by atoms with Gasteiger partial charge < -0.3 is 9.84 Å². The third kappa shape index (κ3) is 4.89.